The van der Waals surface area contributed by atoms with Gasteiger partial charge in [0.15, 0.2) is 0 Å². The Morgan fingerprint density at radius 3 is 2.00 bits per heavy atom. The van der Waals surface area contributed by atoms with Crippen molar-refractivity contribution in [3.8, 4) is 0 Å². The van der Waals surface area contributed by atoms with Gasteiger partial charge in [0.25, 0.3) is 0 Å². The molecule has 0 saturated carbocycles. The maximum Gasteiger partial charge on any atom is 0.373 e. The minimum Gasteiger partial charge on any atom is -0.186 e. The lowest BCUT2D eigenvalue weighted by atomic mass is 10.0. The average molecular weight is 214 g/mol. The Morgan fingerprint density at radius 2 is 1.62 bits per heavy atom. The zero-order valence-electron chi connectivity index (χ0n) is 9.27. The summed E-state index contributed by atoms with van der Waals surface area (Å²) in [6.07, 6.45) is 3.97. The molecule has 0 amide bonds. The zero-order valence-corrected chi connectivity index (χ0v) is 9.27. The van der Waals surface area contributed by atoms with Gasteiger partial charge in [-0.25, -0.2) is 0 Å². The van der Waals surface area contributed by atoms with E-state index in [-0.39, 0.29) is 6.15 Å². The summed E-state index contributed by atoms with van der Waals surface area (Å²) in [5.41, 5.74) is 3.49. The van der Waals surface area contributed by atoms with Crippen LogP contribution in [0.1, 0.15) is 12.5 Å². The van der Waals surface area contributed by atoms with E-state index in [1.165, 1.54) is 5.56 Å². The molecule has 0 fully saturated rings. The van der Waals surface area contributed by atoms with E-state index in [9.17, 15) is 0 Å². The molecule has 0 aliphatic rings. The van der Waals surface area contributed by atoms with Gasteiger partial charge in [-0.05, 0) is 23.6 Å². The lowest BCUT2D eigenvalue weighted by Crippen LogP contribution is -1.82. The SMILES string of the molecule is C=C/C(C)=C(\C=C)c1ccccc1.O=C=O. The number of allylic oxidation sites excluding steroid dienone is 4. The van der Waals surface area contributed by atoms with Crippen LogP contribution >= 0.6 is 0 Å². The molecule has 1 aromatic rings. The lowest BCUT2D eigenvalue weighted by molar-refractivity contribution is -0.191. The highest BCUT2D eigenvalue weighted by atomic mass is 16.2. The van der Waals surface area contributed by atoms with E-state index in [2.05, 4.69) is 25.3 Å². The summed E-state index contributed by atoms with van der Waals surface area (Å²) in [5, 5.41) is 0. The van der Waals surface area contributed by atoms with Gasteiger partial charge >= 0.3 is 6.15 Å². The van der Waals surface area contributed by atoms with Crippen LogP contribution in [-0.2, 0) is 9.59 Å². The predicted molar refractivity (Wildman–Crippen MR) is 64.4 cm³/mol. The fraction of sp³-hybridized carbons (Fsp3) is 0.0714. The standard InChI is InChI=1S/C13H14.CO2/c1-4-11(3)13(5-2)12-9-7-6-8-10-12;2-1-3/h4-10H,1-2H2,3H3;/b13-11+;. The van der Waals surface area contributed by atoms with Crippen molar-refractivity contribution in [2.24, 2.45) is 0 Å². The van der Waals surface area contributed by atoms with Crippen LogP contribution in [0.2, 0.25) is 0 Å². The average Bonchev–Trinajstić information content (AvgIpc) is 2.32. The Kier molecular flexibility index (Phi) is 7.04. The van der Waals surface area contributed by atoms with E-state index >= 15 is 0 Å². The molecule has 0 saturated heterocycles. The van der Waals surface area contributed by atoms with Crippen LogP contribution < -0.4 is 0 Å². The van der Waals surface area contributed by atoms with Gasteiger partial charge in [-0.3, -0.25) is 0 Å². The topological polar surface area (TPSA) is 34.1 Å². The first-order valence-electron chi connectivity index (χ1n) is 4.71. The Labute approximate surface area is 95.6 Å². The van der Waals surface area contributed by atoms with Crippen molar-refractivity contribution in [3.05, 3.63) is 66.8 Å². The second-order valence-electron chi connectivity index (χ2n) is 2.95. The van der Waals surface area contributed by atoms with Crippen molar-refractivity contribution in [2.45, 2.75) is 6.92 Å². The first-order valence-corrected chi connectivity index (χ1v) is 4.71. The largest absolute Gasteiger partial charge is 0.373 e. The van der Waals surface area contributed by atoms with Gasteiger partial charge in [0.05, 0.1) is 0 Å². The summed E-state index contributed by atoms with van der Waals surface area (Å²) in [7, 11) is 0. The summed E-state index contributed by atoms with van der Waals surface area (Å²) in [4.78, 5) is 16.2. The summed E-state index contributed by atoms with van der Waals surface area (Å²) < 4.78 is 0. The van der Waals surface area contributed by atoms with Crippen molar-refractivity contribution < 1.29 is 9.59 Å². The third kappa shape index (κ3) is 4.36. The summed E-state index contributed by atoms with van der Waals surface area (Å²) >= 11 is 0. The van der Waals surface area contributed by atoms with Gasteiger partial charge in [0.2, 0.25) is 0 Å². The molecule has 0 spiro atoms. The Morgan fingerprint density at radius 1 is 1.12 bits per heavy atom. The van der Waals surface area contributed by atoms with Crippen LogP contribution in [0.25, 0.3) is 5.57 Å². The van der Waals surface area contributed by atoms with Gasteiger partial charge in [-0.2, -0.15) is 9.59 Å². The number of hydrogen-bond donors (Lipinski definition) is 0. The molecule has 0 aliphatic heterocycles. The lowest BCUT2D eigenvalue weighted by Gasteiger charge is -2.04. The highest BCUT2D eigenvalue weighted by Gasteiger charge is 1.97. The third-order valence-electron chi connectivity index (χ3n) is 2.02. The molecule has 0 N–H and O–H groups in total. The second-order valence-corrected chi connectivity index (χ2v) is 2.95. The molecule has 0 bridgehead atoms. The molecule has 0 aromatic heterocycles. The Hall–Kier alpha value is -2.18. The van der Waals surface area contributed by atoms with Crippen molar-refractivity contribution in [3.63, 3.8) is 0 Å². The van der Waals surface area contributed by atoms with E-state index in [0.717, 1.165) is 11.1 Å². The van der Waals surface area contributed by atoms with Gasteiger partial charge in [0.1, 0.15) is 0 Å². The molecular formula is C14H14O2. The Bertz CT molecular complexity index is 408. The summed E-state index contributed by atoms with van der Waals surface area (Å²) in [6, 6.07) is 10.2. The fourth-order valence-electron chi connectivity index (χ4n) is 1.23. The van der Waals surface area contributed by atoms with Crippen molar-refractivity contribution in [1.29, 1.82) is 0 Å². The van der Waals surface area contributed by atoms with E-state index in [0.29, 0.717) is 0 Å². The van der Waals surface area contributed by atoms with Crippen LogP contribution in [-0.4, -0.2) is 6.15 Å². The van der Waals surface area contributed by atoms with Crippen LogP contribution in [0, 0.1) is 0 Å². The van der Waals surface area contributed by atoms with Crippen LogP contribution in [0.4, 0.5) is 0 Å². The first kappa shape index (κ1) is 13.8. The van der Waals surface area contributed by atoms with E-state index in [1.807, 2.05) is 37.3 Å². The van der Waals surface area contributed by atoms with E-state index in [4.69, 9.17) is 9.59 Å². The molecule has 0 aliphatic carbocycles. The molecule has 0 atom stereocenters. The number of carbonyl (C=O) groups excluding carboxylic acids is 2. The molecule has 0 unspecified atom stereocenters. The quantitative estimate of drug-likeness (QED) is 0.724. The van der Waals surface area contributed by atoms with Gasteiger partial charge in [0, 0.05) is 0 Å². The molecule has 1 aromatic carbocycles. The maximum atomic E-state index is 8.12. The van der Waals surface area contributed by atoms with Crippen LogP contribution in [0.5, 0.6) is 0 Å². The molecule has 2 nitrogen and oxygen atoms in total. The van der Waals surface area contributed by atoms with Crippen LogP contribution in [0.15, 0.2) is 61.2 Å². The molecule has 1 rings (SSSR count). The zero-order chi connectivity index (χ0) is 12.4. The molecular weight excluding hydrogens is 200 g/mol. The maximum absolute atomic E-state index is 8.12. The van der Waals surface area contributed by atoms with E-state index in [1.54, 1.807) is 0 Å². The number of hydrogen-bond acceptors (Lipinski definition) is 2. The highest BCUT2D eigenvalue weighted by molar-refractivity contribution is 5.77. The summed E-state index contributed by atoms with van der Waals surface area (Å²) in [5.74, 6) is 0. The second kappa shape index (κ2) is 8.16. The molecule has 0 heterocycles. The van der Waals surface area contributed by atoms with E-state index < -0.39 is 0 Å². The van der Waals surface area contributed by atoms with Crippen molar-refractivity contribution in [1.82, 2.24) is 0 Å². The number of benzene rings is 1. The Balaban J connectivity index is 0.000000673. The smallest absolute Gasteiger partial charge is 0.186 e. The monoisotopic (exact) mass is 214 g/mol. The van der Waals surface area contributed by atoms with Crippen molar-refractivity contribution >= 4 is 11.7 Å². The first-order chi connectivity index (χ1) is 7.71. The fourth-order valence-corrected chi connectivity index (χ4v) is 1.23. The van der Waals surface area contributed by atoms with Crippen LogP contribution in [0.3, 0.4) is 0 Å². The molecule has 2 heteroatoms. The summed E-state index contributed by atoms with van der Waals surface area (Å²) in [6.45, 7) is 9.59. The minimum absolute atomic E-state index is 0.250. The highest BCUT2D eigenvalue weighted by Crippen LogP contribution is 2.19. The molecule has 16 heavy (non-hydrogen) atoms. The minimum atomic E-state index is 0.250. The van der Waals surface area contributed by atoms with Gasteiger partial charge in [-0.15, -0.1) is 0 Å². The molecule has 0 radical (unpaired) electrons. The third-order valence-corrected chi connectivity index (χ3v) is 2.02. The van der Waals surface area contributed by atoms with Crippen molar-refractivity contribution in [2.75, 3.05) is 0 Å². The normalized spacial score (nSPS) is 10.1. The molecule has 82 valence electrons. The number of rotatable bonds is 3. The van der Waals surface area contributed by atoms with Gasteiger partial charge < -0.3 is 0 Å². The van der Waals surface area contributed by atoms with Gasteiger partial charge in [-0.1, -0.05) is 55.6 Å². The predicted octanol–water partition coefficient (Wildman–Crippen LogP) is 3.25.